The molecule has 1 spiro atoms. The highest BCUT2D eigenvalue weighted by molar-refractivity contribution is 5.92. The lowest BCUT2D eigenvalue weighted by molar-refractivity contribution is -0.413. The molecule has 6 heteroatoms. The van der Waals surface area contributed by atoms with Crippen LogP contribution in [-0.4, -0.2) is 36.1 Å². The summed E-state index contributed by atoms with van der Waals surface area (Å²) in [4.78, 5) is 28.0. The number of hydrogen-bond donors (Lipinski definition) is 0. The van der Waals surface area contributed by atoms with Crippen LogP contribution in [0, 0.1) is 0 Å². The van der Waals surface area contributed by atoms with Gasteiger partial charge in [-0.05, 0) is 31.5 Å². The van der Waals surface area contributed by atoms with Crippen molar-refractivity contribution in [3.8, 4) is 0 Å². The van der Waals surface area contributed by atoms with Crippen LogP contribution in [0.15, 0.2) is 60.7 Å². The van der Waals surface area contributed by atoms with E-state index in [-0.39, 0.29) is 12.1 Å². The first kappa shape index (κ1) is 18.0. The van der Waals surface area contributed by atoms with Crippen molar-refractivity contribution in [3.63, 3.8) is 0 Å². The number of carbonyl (C=O) groups is 1. The fourth-order valence-electron chi connectivity index (χ4n) is 3.69. The molecule has 0 radical (unpaired) electrons. The molecule has 2 aliphatic rings. The fraction of sp³-hybridized carbons (Fsp3) is 0.381. The van der Waals surface area contributed by atoms with Crippen LogP contribution < -0.4 is 4.90 Å². The number of carbonyl (C=O) groups excluding carboxylic acids is 1. The molecule has 2 fully saturated rings. The van der Waals surface area contributed by atoms with Crippen LogP contribution in [-0.2, 0) is 14.5 Å². The molecule has 0 aromatic heterocycles. The van der Waals surface area contributed by atoms with Gasteiger partial charge in [0.15, 0.2) is 0 Å². The first-order valence-electron chi connectivity index (χ1n) is 9.10. The van der Waals surface area contributed by atoms with E-state index >= 15 is 0 Å². The minimum Gasteiger partial charge on any atom is -0.328 e. The lowest BCUT2D eigenvalue weighted by atomic mass is 10.0. The maximum atomic E-state index is 13.5. The summed E-state index contributed by atoms with van der Waals surface area (Å²) in [6.07, 6.45) is 0.428. The van der Waals surface area contributed by atoms with Gasteiger partial charge in [0.05, 0.1) is 19.1 Å². The summed E-state index contributed by atoms with van der Waals surface area (Å²) in [6.45, 7) is 4.19. The van der Waals surface area contributed by atoms with Gasteiger partial charge in [0.1, 0.15) is 5.60 Å². The molecule has 2 atom stereocenters. The first-order valence-corrected chi connectivity index (χ1v) is 9.10. The van der Waals surface area contributed by atoms with Gasteiger partial charge in [0, 0.05) is 12.7 Å². The van der Waals surface area contributed by atoms with E-state index in [4.69, 9.17) is 14.5 Å². The second-order valence-electron chi connectivity index (χ2n) is 7.60. The molecule has 2 aromatic carbocycles. The summed E-state index contributed by atoms with van der Waals surface area (Å²) >= 11 is 0. The zero-order valence-corrected chi connectivity index (χ0v) is 15.8. The number of urea groups is 1. The third-order valence-electron chi connectivity index (χ3n) is 5.01. The topological polar surface area (TPSA) is 51.2 Å². The quantitative estimate of drug-likeness (QED) is 0.749. The first-order chi connectivity index (χ1) is 12.9. The zero-order chi connectivity index (χ0) is 19.1. The Kier molecular flexibility index (Phi) is 4.42. The van der Waals surface area contributed by atoms with Gasteiger partial charge in [0.2, 0.25) is 0 Å². The summed E-state index contributed by atoms with van der Waals surface area (Å²) < 4.78 is 6.06. The van der Waals surface area contributed by atoms with Crippen molar-refractivity contribution in [2.75, 3.05) is 18.6 Å². The van der Waals surface area contributed by atoms with Gasteiger partial charge in [-0.2, -0.15) is 4.89 Å². The van der Waals surface area contributed by atoms with Crippen molar-refractivity contribution >= 4 is 11.7 Å². The van der Waals surface area contributed by atoms with Gasteiger partial charge < -0.3 is 4.74 Å². The van der Waals surface area contributed by atoms with Crippen molar-refractivity contribution in [2.24, 2.45) is 0 Å². The van der Waals surface area contributed by atoms with Crippen molar-refractivity contribution in [3.05, 3.63) is 66.2 Å². The molecule has 6 nitrogen and oxygen atoms in total. The Balaban J connectivity index is 1.72. The predicted octanol–water partition coefficient (Wildman–Crippen LogP) is 4.10. The molecular formula is C21H24N2O4. The standard InChI is InChI=1S/C21H24N2O4/c1-20(2)15-21(27-26-20)23(18(14-25-21)16-10-6-4-7-11-16)19(24)22(3)17-12-8-5-9-13-17/h4-13,18H,14-15H2,1-3H3/t18-,21?/m1/s1. The Hall–Kier alpha value is -2.41. The fourth-order valence-corrected chi connectivity index (χ4v) is 3.69. The Morgan fingerprint density at radius 2 is 1.67 bits per heavy atom. The normalized spacial score (nSPS) is 26.5. The zero-order valence-electron chi connectivity index (χ0n) is 15.8. The average molecular weight is 368 g/mol. The highest BCUT2D eigenvalue weighted by Crippen LogP contribution is 2.48. The lowest BCUT2D eigenvalue weighted by Gasteiger charge is -2.36. The summed E-state index contributed by atoms with van der Waals surface area (Å²) in [5.41, 5.74) is 1.25. The highest BCUT2D eigenvalue weighted by atomic mass is 17.3. The molecule has 0 aliphatic carbocycles. The minimum absolute atomic E-state index is 0.200. The summed E-state index contributed by atoms with van der Waals surface area (Å²) in [5, 5.41) is 0. The van der Waals surface area contributed by atoms with E-state index in [1.54, 1.807) is 16.8 Å². The second kappa shape index (κ2) is 6.64. The predicted molar refractivity (Wildman–Crippen MR) is 101 cm³/mol. The van der Waals surface area contributed by atoms with E-state index in [1.807, 2.05) is 74.5 Å². The average Bonchev–Trinajstić information content (AvgIpc) is 3.21. The minimum atomic E-state index is -1.23. The summed E-state index contributed by atoms with van der Waals surface area (Å²) in [6, 6.07) is 18.9. The molecule has 2 heterocycles. The molecule has 2 aliphatic heterocycles. The van der Waals surface area contributed by atoms with Gasteiger partial charge in [-0.3, -0.25) is 9.80 Å². The number of anilines is 1. The molecule has 0 bridgehead atoms. The van der Waals surface area contributed by atoms with Crippen LogP contribution in [0.4, 0.5) is 10.5 Å². The van der Waals surface area contributed by atoms with Crippen LogP contribution in [0.25, 0.3) is 0 Å². The number of ether oxygens (including phenoxy) is 1. The van der Waals surface area contributed by atoms with Crippen LogP contribution in [0.5, 0.6) is 0 Å². The number of hydrogen-bond acceptors (Lipinski definition) is 4. The Morgan fingerprint density at radius 1 is 1.04 bits per heavy atom. The van der Waals surface area contributed by atoms with Gasteiger partial charge >= 0.3 is 6.03 Å². The van der Waals surface area contributed by atoms with Crippen molar-refractivity contribution in [1.82, 2.24) is 4.90 Å². The van der Waals surface area contributed by atoms with Gasteiger partial charge in [-0.1, -0.05) is 48.5 Å². The van der Waals surface area contributed by atoms with E-state index in [0.717, 1.165) is 11.3 Å². The van der Waals surface area contributed by atoms with Crippen LogP contribution in [0.2, 0.25) is 0 Å². The molecule has 2 amide bonds. The highest BCUT2D eigenvalue weighted by Gasteiger charge is 2.60. The molecular weight excluding hydrogens is 344 g/mol. The van der Waals surface area contributed by atoms with E-state index in [9.17, 15) is 4.79 Å². The number of rotatable bonds is 2. The van der Waals surface area contributed by atoms with Crippen LogP contribution >= 0.6 is 0 Å². The Bertz CT molecular complexity index is 811. The SMILES string of the molecule is CN(C(=O)N1[C@@H](c2ccccc2)COC12CC(C)(C)OO2)c1ccccc1. The molecule has 4 rings (SSSR count). The molecule has 0 saturated carbocycles. The number of amides is 2. The Morgan fingerprint density at radius 3 is 2.26 bits per heavy atom. The van der Waals surface area contributed by atoms with Crippen LogP contribution in [0.3, 0.4) is 0 Å². The van der Waals surface area contributed by atoms with Gasteiger partial charge in [0.25, 0.3) is 5.91 Å². The molecule has 1 unspecified atom stereocenters. The smallest absolute Gasteiger partial charge is 0.328 e. The maximum Gasteiger partial charge on any atom is 0.329 e. The number of para-hydroxylation sites is 1. The molecule has 0 N–H and O–H groups in total. The third kappa shape index (κ3) is 3.20. The largest absolute Gasteiger partial charge is 0.329 e. The van der Waals surface area contributed by atoms with E-state index in [1.165, 1.54) is 0 Å². The second-order valence-corrected chi connectivity index (χ2v) is 7.60. The molecule has 2 aromatic rings. The number of benzene rings is 2. The van der Waals surface area contributed by atoms with Crippen molar-refractivity contribution < 1.29 is 19.3 Å². The van der Waals surface area contributed by atoms with E-state index < -0.39 is 11.5 Å². The molecule has 2 saturated heterocycles. The molecule has 142 valence electrons. The third-order valence-corrected chi connectivity index (χ3v) is 5.01. The van der Waals surface area contributed by atoms with Crippen molar-refractivity contribution in [1.29, 1.82) is 0 Å². The van der Waals surface area contributed by atoms with E-state index in [0.29, 0.717) is 13.0 Å². The maximum absolute atomic E-state index is 13.5. The van der Waals surface area contributed by atoms with Gasteiger partial charge in [-0.15, -0.1) is 0 Å². The van der Waals surface area contributed by atoms with Crippen molar-refractivity contribution in [2.45, 2.75) is 37.8 Å². The van der Waals surface area contributed by atoms with Crippen LogP contribution in [0.1, 0.15) is 31.9 Å². The Labute approximate surface area is 159 Å². The van der Waals surface area contributed by atoms with Gasteiger partial charge in [-0.25, -0.2) is 9.68 Å². The number of nitrogens with zero attached hydrogens (tertiary/aromatic N) is 2. The summed E-state index contributed by atoms with van der Waals surface area (Å²) in [7, 11) is 1.76. The molecule has 27 heavy (non-hydrogen) atoms. The lowest BCUT2D eigenvalue weighted by Crippen LogP contribution is -2.53. The monoisotopic (exact) mass is 368 g/mol. The van der Waals surface area contributed by atoms with E-state index in [2.05, 4.69) is 0 Å². The summed E-state index contributed by atoms with van der Waals surface area (Å²) in [5.74, 6) is -1.23.